The number of hydrogen-bond acceptors (Lipinski definition) is 12. The Bertz CT molecular complexity index is 1250. The molecule has 33 heavy (non-hydrogen) atoms. The van der Waals surface area contributed by atoms with Crippen molar-refractivity contribution in [3.8, 4) is 40.1 Å². The first-order valence-corrected chi connectivity index (χ1v) is 9.64. The summed E-state index contributed by atoms with van der Waals surface area (Å²) in [7, 11) is 0. The van der Waals surface area contributed by atoms with Crippen molar-refractivity contribution in [1.29, 1.82) is 0 Å². The molecule has 2 aromatic carbocycles. The van der Waals surface area contributed by atoms with E-state index in [1.165, 1.54) is 6.07 Å². The zero-order valence-corrected chi connectivity index (χ0v) is 16.7. The van der Waals surface area contributed by atoms with Crippen molar-refractivity contribution in [3.05, 3.63) is 40.6 Å². The Labute approximate surface area is 184 Å². The molecule has 1 fully saturated rings. The molecule has 2 heterocycles. The molecule has 3 aromatic rings. The van der Waals surface area contributed by atoms with Crippen molar-refractivity contribution < 1.29 is 54.7 Å². The highest BCUT2D eigenvalue weighted by Crippen LogP contribution is 2.39. The summed E-state index contributed by atoms with van der Waals surface area (Å²) in [6, 6.07) is 5.36. The monoisotopic (exact) mass is 464 g/mol. The number of aliphatic hydroxyl groups excluding tert-OH is 4. The molecule has 0 bridgehead atoms. The topological polar surface area (TPSA) is 211 Å². The van der Waals surface area contributed by atoms with E-state index in [0.717, 1.165) is 24.3 Å². The Hall–Kier alpha value is -3.55. The molecule has 1 aliphatic heterocycles. The lowest BCUT2D eigenvalue weighted by Crippen LogP contribution is -2.60. The second kappa shape index (κ2) is 8.42. The third-order valence-electron chi connectivity index (χ3n) is 5.24. The fourth-order valence-corrected chi connectivity index (χ4v) is 3.51. The van der Waals surface area contributed by atoms with E-state index >= 15 is 0 Å². The van der Waals surface area contributed by atoms with Crippen molar-refractivity contribution in [3.63, 3.8) is 0 Å². The summed E-state index contributed by atoms with van der Waals surface area (Å²) in [5.74, 6) is -3.05. The van der Waals surface area contributed by atoms with Crippen LogP contribution in [-0.4, -0.2) is 78.2 Å². The molecular formula is C21H20O12. The van der Waals surface area contributed by atoms with E-state index < -0.39 is 71.5 Å². The van der Waals surface area contributed by atoms with E-state index in [4.69, 9.17) is 13.9 Å². The Morgan fingerprint density at radius 2 is 1.61 bits per heavy atom. The zero-order chi connectivity index (χ0) is 24.0. The maximum absolute atomic E-state index is 13.2. The van der Waals surface area contributed by atoms with Gasteiger partial charge in [0.1, 0.15) is 46.9 Å². The average Bonchev–Trinajstić information content (AvgIpc) is 2.76. The first-order chi connectivity index (χ1) is 15.6. The first kappa shape index (κ1) is 22.6. The number of aliphatic hydroxyl groups is 4. The quantitative estimate of drug-likeness (QED) is 0.229. The highest BCUT2D eigenvalue weighted by molar-refractivity contribution is 5.88. The van der Waals surface area contributed by atoms with Gasteiger partial charge in [0.2, 0.25) is 17.5 Å². The number of phenols is 4. The van der Waals surface area contributed by atoms with E-state index in [2.05, 4.69) is 0 Å². The third kappa shape index (κ3) is 3.90. The Balaban J connectivity index is 1.91. The maximum Gasteiger partial charge on any atom is 0.239 e. The predicted octanol–water partition coefficient (Wildman–Crippen LogP) is -0.539. The van der Waals surface area contributed by atoms with Gasteiger partial charge in [-0.25, -0.2) is 0 Å². The van der Waals surface area contributed by atoms with E-state index in [0.29, 0.717) is 0 Å². The van der Waals surface area contributed by atoms with Crippen LogP contribution in [0.5, 0.6) is 28.7 Å². The number of phenolic OH excluding ortho intramolecular Hbond substituents is 4. The van der Waals surface area contributed by atoms with Crippen LogP contribution in [0.3, 0.4) is 0 Å². The summed E-state index contributed by atoms with van der Waals surface area (Å²) in [5.41, 5.74) is -1.19. The molecule has 5 atom stereocenters. The van der Waals surface area contributed by atoms with Crippen molar-refractivity contribution in [1.82, 2.24) is 0 Å². The Morgan fingerprint density at radius 1 is 0.879 bits per heavy atom. The van der Waals surface area contributed by atoms with Crippen molar-refractivity contribution >= 4 is 11.0 Å². The molecule has 0 radical (unpaired) electrons. The lowest BCUT2D eigenvalue weighted by molar-refractivity contribution is -0.277. The molecule has 12 nitrogen and oxygen atoms in total. The lowest BCUT2D eigenvalue weighted by atomic mass is 9.99. The van der Waals surface area contributed by atoms with Gasteiger partial charge in [-0.15, -0.1) is 0 Å². The Kier molecular flexibility index (Phi) is 5.78. The standard InChI is InChI=1S/C21H20O12/c22-6-13-15(27)17(29)18(30)21(32-13)33-20-16(28)14-11(26)4-8(23)5-12(14)31-19(20)7-1-2-9(24)10(25)3-7/h1-5,13,15,17-18,21-27,29-30H,6H2/t13?,15-,17?,18-,21-/m0/s1. The minimum Gasteiger partial charge on any atom is -0.508 e. The van der Waals surface area contributed by atoms with Crippen LogP contribution < -0.4 is 10.2 Å². The summed E-state index contributed by atoms with van der Waals surface area (Å²) in [4.78, 5) is 13.2. The van der Waals surface area contributed by atoms with Crippen LogP contribution >= 0.6 is 0 Å². The molecule has 1 aromatic heterocycles. The highest BCUT2D eigenvalue weighted by atomic mass is 16.7. The van der Waals surface area contributed by atoms with Gasteiger partial charge in [0.15, 0.2) is 17.3 Å². The number of benzene rings is 2. The van der Waals surface area contributed by atoms with Crippen LogP contribution in [0.15, 0.2) is 39.5 Å². The second-order valence-electron chi connectivity index (χ2n) is 7.45. The Morgan fingerprint density at radius 3 is 2.27 bits per heavy atom. The van der Waals surface area contributed by atoms with Crippen molar-refractivity contribution in [2.75, 3.05) is 6.61 Å². The molecule has 1 saturated heterocycles. The van der Waals surface area contributed by atoms with E-state index in [1.807, 2.05) is 0 Å². The largest absolute Gasteiger partial charge is 0.508 e. The summed E-state index contributed by atoms with van der Waals surface area (Å²) in [6.45, 7) is -0.740. The van der Waals surface area contributed by atoms with Gasteiger partial charge in [0.25, 0.3) is 0 Å². The molecule has 8 N–H and O–H groups in total. The maximum atomic E-state index is 13.2. The number of rotatable bonds is 4. The molecule has 4 rings (SSSR count). The number of ether oxygens (including phenoxy) is 2. The van der Waals surface area contributed by atoms with Crippen LogP contribution in [0.2, 0.25) is 0 Å². The smallest absolute Gasteiger partial charge is 0.239 e. The number of hydrogen-bond donors (Lipinski definition) is 8. The fraction of sp³-hybridized carbons (Fsp3) is 0.286. The molecular weight excluding hydrogens is 444 g/mol. The van der Waals surface area contributed by atoms with E-state index in [1.54, 1.807) is 0 Å². The van der Waals surface area contributed by atoms with Crippen LogP contribution in [0.1, 0.15) is 0 Å². The molecule has 0 amide bonds. The average molecular weight is 464 g/mol. The second-order valence-corrected chi connectivity index (χ2v) is 7.45. The highest BCUT2D eigenvalue weighted by Gasteiger charge is 2.45. The summed E-state index contributed by atoms with van der Waals surface area (Å²) >= 11 is 0. The summed E-state index contributed by atoms with van der Waals surface area (Å²) in [6.07, 6.45) is -8.40. The molecule has 0 saturated carbocycles. The summed E-state index contributed by atoms with van der Waals surface area (Å²) in [5, 5.41) is 78.7. The van der Waals surface area contributed by atoms with E-state index in [-0.39, 0.29) is 22.3 Å². The van der Waals surface area contributed by atoms with Gasteiger partial charge in [-0.05, 0) is 18.2 Å². The lowest BCUT2D eigenvalue weighted by Gasteiger charge is -2.39. The van der Waals surface area contributed by atoms with Gasteiger partial charge in [-0.1, -0.05) is 0 Å². The fourth-order valence-electron chi connectivity index (χ4n) is 3.51. The molecule has 1 aliphatic rings. The molecule has 0 spiro atoms. The van der Waals surface area contributed by atoms with E-state index in [9.17, 15) is 45.6 Å². The predicted molar refractivity (Wildman–Crippen MR) is 109 cm³/mol. The van der Waals surface area contributed by atoms with Gasteiger partial charge >= 0.3 is 0 Å². The minimum absolute atomic E-state index is 0.0201. The van der Waals surface area contributed by atoms with Gasteiger partial charge in [-0.3, -0.25) is 4.79 Å². The molecule has 2 unspecified atom stereocenters. The van der Waals surface area contributed by atoms with Crippen LogP contribution in [0.4, 0.5) is 0 Å². The third-order valence-corrected chi connectivity index (χ3v) is 5.24. The van der Waals surface area contributed by atoms with Gasteiger partial charge in [0, 0.05) is 17.7 Å². The van der Waals surface area contributed by atoms with Gasteiger partial charge < -0.3 is 54.7 Å². The zero-order valence-electron chi connectivity index (χ0n) is 16.7. The van der Waals surface area contributed by atoms with Gasteiger partial charge in [-0.2, -0.15) is 0 Å². The normalized spacial score (nSPS) is 25.3. The first-order valence-electron chi connectivity index (χ1n) is 9.64. The minimum atomic E-state index is -1.85. The van der Waals surface area contributed by atoms with Crippen LogP contribution in [0, 0.1) is 0 Å². The van der Waals surface area contributed by atoms with Crippen molar-refractivity contribution in [2.24, 2.45) is 0 Å². The summed E-state index contributed by atoms with van der Waals surface area (Å²) < 4.78 is 16.5. The van der Waals surface area contributed by atoms with Crippen LogP contribution in [-0.2, 0) is 4.74 Å². The SMILES string of the molecule is O=c1c(O[C@@H]2OC(CO)[C@H](O)C(O)[C@@H]2O)c(-c2ccc(O)c(O)c2)oc2cc(O)cc(O)c12. The van der Waals surface area contributed by atoms with Crippen LogP contribution in [0.25, 0.3) is 22.3 Å². The number of aromatic hydroxyl groups is 4. The number of fused-ring (bicyclic) bond motifs is 1. The molecule has 12 heteroatoms. The molecule has 0 aliphatic carbocycles. The van der Waals surface area contributed by atoms with Crippen molar-refractivity contribution in [2.45, 2.75) is 30.7 Å². The van der Waals surface area contributed by atoms with Gasteiger partial charge in [0.05, 0.1) is 6.61 Å². The molecule has 176 valence electrons.